The lowest BCUT2D eigenvalue weighted by atomic mass is 10.7. The maximum Gasteiger partial charge on any atom is 0.0598 e. The monoisotopic (exact) mass is 171 g/mol. The second kappa shape index (κ2) is 9.37. The molecule has 0 bridgehead atoms. The Morgan fingerprint density at radius 3 is 1.27 bits per heavy atom. The summed E-state index contributed by atoms with van der Waals surface area (Å²) < 4.78 is 0. The van der Waals surface area contributed by atoms with E-state index >= 15 is 0 Å². The summed E-state index contributed by atoms with van der Waals surface area (Å²) in [7, 11) is -0.252. The van der Waals surface area contributed by atoms with Gasteiger partial charge in [-0.25, -0.2) is 0 Å². The molecule has 0 spiro atoms. The first-order valence-electron chi connectivity index (χ1n) is 3.51. The van der Waals surface area contributed by atoms with E-state index < -0.39 is 0 Å². The third-order valence-electron chi connectivity index (χ3n) is 1.30. The fraction of sp³-hybridized carbons (Fsp3) is 0.333. The van der Waals surface area contributed by atoms with E-state index in [-0.39, 0.29) is 13.5 Å². The first kappa shape index (κ1) is 13.0. The van der Waals surface area contributed by atoms with Crippen molar-refractivity contribution in [1.82, 2.24) is 0 Å². The number of rotatable bonds is 6. The van der Waals surface area contributed by atoms with Crippen LogP contribution < -0.4 is 0 Å². The van der Waals surface area contributed by atoms with Crippen molar-refractivity contribution in [3.05, 3.63) is 38.0 Å². The van der Waals surface area contributed by atoms with E-state index in [4.69, 9.17) is 0 Å². The van der Waals surface area contributed by atoms with Crippen LogP contribution in [-0.4, -0.2) is 8.80 Å². The maximum atomic E-state index is 3.72. The molecule has 11 heavy (non-hydrogen) atoms. The van der Waals surface area contributed by atoms with Crippen molar-refractivity contribution in [3.8, 4) is 0 Å². The van der Waals surface area contributed by atoms with Crippen molar-refractivity contribution >= 4 is 8.80 Å². The van der Waals surface area contributed by atoms with Crippen molar-refractivity contribution in [1.29, 1.82) is 0 Å². The molecule has 0 fully saturated rings. The van der Waals surface area contributed by atoms with Gasteiger partial charge in [0.2, 0.25) is 0 Å². The number of allylic oxidation sites excluding steroid dienone is 3. The number of hydrogen-bond acceptors (Lipinski definition) is 0. The first-order valence-corrected chi connectivity index (χ1v) is 5.63. The van der Waals surface area contributed by atoms with Gasteiger partial charge >= 0.3 is 0 Å². The number of hydrogen-bond donors (Lipinski definition) is 0. The molecule has 0 saturated carbocycles. The van der Waals surface area contributed by atoms with Crippen LogP contribution in [0.2, 0.25) is 18.1 Å². The fourth-order valence-electron chi connectivity index (χ4n) is 0.862. The molecule has 0 atom stereocenters. The Kier molecular flexibility index (Phi) is 11.1. The van der Waals surface area contributed by atoms with Crippen LogP contribution in [0.5, 0.6) is 0 Å². The van der Waals surface area contributed by atoms with Crippen LogP contribution in [0.1, 0.15) is 0 Å². The van der Waals surface area contributed by atoms with Crippen LogP contribution in [-0.2, 0) is 0 Å². The standard InChI is InChI=1S/C9H15Si.FH/c1-4-7-10(8-5-2)9-6-3;/h4-6H,1-3,7-9H2;1H. The summed E-state index contributed by atoms with van der Waals surface area (Å²) in [6.07, 6.45) is 6.00. The normalized spacial score (nSPS) is 8.45. The lowest BCUT2D eigenvalue weighted by Crippen LogP contribution is -2.07. The van der Waals surface area contributed by atoms with Gasteiger partial charge in [0.25, 0.3) is 0 Å². The third-order valence-corrected chi connectivity index (χ3v) is 3.90. The van der Waals surface area contributed by atoms with E-state index in [9.17, 15) is 0 Å². The molecule has 0 saturated heterocycles. The molecule has 0 aliphatic rings. The molecule has 0 heterocycles. The van der Waals surface area contributed by atoms with Gasteiger partial charge < -0.3 is 0 Å². The molecule has 0 aromatic rings. The Bertz CT molecular complexity index is 97.0. The summed E-state index contributed by atoms with van der Waals surface area (Å²) in [6.45, 7) is 11.2. The van der Waals surface area contributed by atoms with E-state index in [2.05, 4.69) is 19.7 Å². The quantitative estimate of drug-likeness (QED) is 0.425. The topological polar surface area (TPSA) is 0 Å². The molecule has 1 radical (unpaired) electrons. The zero-order valence-corrected chi connectivity index (χ0v) is 7.88. The molecule has 0 amide bonds. The lowest BCUT2D eigenvalue weighted by molar-refractivity contribution is 1.11. The minimum absolute atomic E-state index is 0. The summed E-state index contributed by atoms with van der Waals surface area (Å²) in [5.41, 5.74) is 0. The van der Waals surface area contributed by atoms with Crippen LogP contribution in [0.25, 0.3) is 0 Å². The zero-order valence-electron chi connectivity index (χ0n) is 6.88. The van der Waals surface area contributed by atoms with Gasteiger partial charge in [0.15, 0.2) is 0 Å². The highest BCUT2D eigenvalue weighted by atomic mass is 28.3. The molecular formula is C9H16FSi. The van der Waals surface area contributed by atoms with Crippen LogP contribution >= 0.6 is 0 Å². The Morgan fingerprint density at radius 1 is 0.818 bits per heavy atom. The Hall–Kier alpha value is -0.633. The zero-order chi connectivity index (χ0) is 7.82. The molecule has 63 valence electrons. The molecule has 0 aliphatic carbocycles. The van der Waals surface area contributed by atoms with Gasteiger partial charge in [0.05, 0.1) is 8.80 Å². The molecule has 0 rings (SSSR count). The SMILES string of the molecule is C=CC[Si](CC=C)CC=C.F. The average Bonchev–Trinajstić information content (AvgIpc) is 1.90. The largest absolute Gasteiger partial charge is 0.269 e. The molecule has 0 N–H and O–H groups in total. The Labute approximate surface area is 70.3 Å². The molecule has 0 aromatic carbocycles. The highest BCUT2D eigenvalue weighted by molar-refractivity contribution is 6.60. The van der Waals surface area contributed by atoms with Crippen molar-refractivity contribution < 1.29 is 4.70 Å². The fourth-order valence-corrected chi connectivity index (χ4v) is 2.59. The summed E-state index contributed by atoms with van der Waals surface area (Å²) in [5, 5.41) is 0. The van der Waals surface area contributed by atoms with Crippen LogP contribution in [0.3, 0.4) is 0 Å². The summed E-state index contributed by atoms with van der Waals surface area (Å²) in [5.74, 6) is 0. The molecule has 0 aliphatic heterocycles. The molecule has 0 aromatic heterocycles. The minimum Gasteiger partial charge on any atom is -0.269 e. The second-order valence-corrected chi connectivity index (χ2v) is 4.95. The van der Waals surface area contributed by atoms with E-state index in [1.165, 1.54) is 18.1 Å². The van der Waals surface area contributed by atoms with Gasteiger partial charge in [-0.1, -0.05) is 18.2 Å². The molecule has 2 heteroatoms. The van der Waals surface area contributed by atoms with E-state index in [1.807, 2.05) is 18.2 Å². The van der Waals surface area contributed by atoms with Gasteiger partial charge in [0, 0.05) is 0 Å². The van der Waals surface area contributed by atoms with Crippen molar-refractivity contribution in [2.45, 2.75) is 18.1 Å². The van der Waals surface area contributed by atoms with Gasteiger partial charge in [-0.3, -0.25) is 4.70 Å². The molecular weight excluding hydrogens is 155 g/mol. The van der Waals surface area contributed by atoms with Gasteiger partial charge in [-0.15, -0.1) is 19.7 Å². The van der Waals surface area contributed by atoms with Crippen molar-refractivity contribution in [2.24, 2.45) is 0 Å². The Balaban J connectivity index is 0. The van der Waals surface area contributed by atoms with Crippen LogP contribution in [0, 0.1) is 0 Å². The Morgan fingerprint density at radius 2 is 1.09 bits per heavy atom. The van der Waals surface area contributed by atoms with Crippen molar-refractivity contribution in [3.63, 3.8) is 0 Å². The van der Waals surface area contributed by atoms with Crippen LogP contribution in [0.15, 0.2) is 38.0 Å². The van der Waals surface area contributed by atoms with Gasteiger partial charge in [-0.2, -0.15) is 0 Å². The van der Waals surface area contributed by atoms with Gasteiger partial charge in [0.1, 0.15) is 0 Å². The first-order chi connectivity index (χ1) is 4.85. The highest BCUT2D eigenvalue weighted by Gasteiger charge is 2.02. The molecule has 0 unspecified atom stereocenters. The predicted octanol–water partition coefficient (Wildman–Crippen LogP) is 3.19. The van der Waals surface area contributed by atoms with Crippen molar-refractivity contribution in [2.75, 3.05) is 0 Å². The minimum atomic E-state index is -0.252. The van der Waals surface area contributed by atoms with E-state index in [0.29, 0.717) is 0 Å². The predicted molar refractivity (Wildman–Crippen MR) is 53.3 cm³/mol. The average molecular weight is 171 g/mol. The van der Waals surface area contributed by atoms with E-state index in [0.717, 1.165) is 0 Å². The molecule has 0 nitrogen and oxygen atoms in total. The highest BCUT2D eigenvalue weighted by Crippen LogP contribution is 2.06. The van der Waals surface area contributed by atoms with Gasteiger partial charge in [-0.05, 0) is 18.1 Å². The smallest absolute Gasteiger partial charge is 0.0598 e. The van der Waals surface area contributed by atoms with Crippen LogP contribution in [0.4, 0.5) is 4.70 Å². The number of halogens is 1. The summed E-state index contributed by atoms with van der Waals surface area (Å²) in [4.78, 5) is 0. The third kappa shape index (κ3) is 7.26. The summed E-state index contributed by atoms with van der Waals surface area (Å²) >= 11 is 0. The second-order valence-electron chi connectivity index (χ2n) is 2.23. The van der Waals surface area contributed by atoms with E-state index in [1.54, 1.807) is 0 Å². The summed E-state index contributed by atoms with van der Waals surface area (Å²) in [6, 6.07) is 3.51. The maximum absolute atomic E-state index is 3.72. The lowest BCUT2D eigenvalue weighted by Gasteiger charge is -2.05.